The maximum Gasteiger partial charge on any atom is 0.322 e. The van der Waals surface area contributed by atoms with Gasteiger partial charge in [0.15, 0.2) is 0 Å². The van der Waals surface area contributed by atoms with Gasteiger partial charge in [0.1, 0.15) is 0 Å². The third-order valence-electron chi connectivity index (χ3n) is 2.05. The van der Waals surface area contributed by atoms with E-state index >= 15 is 0 Å². The summed E-state index contributed by atoms with van der Waals surface area (Å²) in [4.78, 5) is 24.5. The smallest absolute Gasteiger partial charge is 0.322 e. The first-order chi connectivity index (χ1) is 8.06. The van der Waals surface area contributed by atoms with Crippen LogP contribution in [0, 0.1) is 0 Å². The summed E-state index contributed by atoms with van der Waals surface area (Å²) < 4.78 is 4.88. The molecule has 1 heterocycles. The van der Waals surface area contributed by atoms with Crippen LogP contribution in [0.15, 0.2) is 0 Å². The van der Waals surface area contributed by atoms with Gasteiger partial charge in [0, 0.05) is 27.1 Å². The number of carbonyl (C=O) groups is 1. The van der Waals surface area contributed by atoms with Crippen LogP contribution in [0.5, 0.6) is 6.01 Å². The van der Waals surface area contributed by atoms with E-state index in [-0.39, 0.29) is 17.2 Å². The molecule has 1 aromatic heterocycles. The van der Waals surface area contributed by atoms with Gasteiger partial charge in [-0.2, -0.15) is 15.0 Å². The van der Waals surface area contributed by atoms with Crippen LogP contribution in [0.25, 0.3) is 0 Å². The Balaban J connectivity index is 2.71. The number of ether oxygens (including phenoxy) is 1. The Kier molecular flexibility index (Phi) is 4.89. The minimum Gasteiger partial charge on any atom is -0.467 e. The summed E-state index contributed by atoms with van der Waals surface area (Å²) in [5.74, 6) is 0.315. The number of nitrogens with zero attached hydrogens (tertiary/aromatic N) is 4. The van der Waals surface area contributed by atoms with E-state index in [0.717, 1.165) is 0 Å². The van der Waals surface area contributed by atoms with Crippen LogP contribution in [0.3, 0.4) is 0 Å². The predicted octanol–water partition coefficient (Wildman–Crippen LogP) is 0.106. The van der Waals surface area contributed by atoms with Crippen LogP contribution in [-0.4, -0.2) is 48.6 Å². The lowest BCUT2D eigenvalue weighted by Gasteiger charge is -2.16. The van der Waals surface area contributed by atoms with Crippen LogP contribution in [0.2, 0.25) is 5.28 Å². The zero-order chi connectivity index (χ0) is 12.8. The van der Waals surface area contributed by atoms with E-state index in [4.69, 9.17) is 16.3 Å². The summed E-state index contributed by atoms with van der Waals surface area (Å²) in [7, 11) is 4.79. The summed E-state index contributed by atoms with van der Waals surface area (Å²) >= 11 is 5.71. The van der Waals surface area contributed by atoms with Gasteiger partial charge in [-0.1, -0.05) is 0 Å². The van der Waals surface area contributed by atoms with Gasteiger partial charge < -0.3 is 15.0 Å². The van der Waals surface area contributed by atoms with Crippen molar-refractivity contribution in [2.75, 3.05) is 32.6 Å². The fourth-order valence-corrected chi connectivity index (χ4v) is 1.23. The summed E-state index contributed by atoms with van der Waals surface area (Å²) in [6, 6.07) is 0.145. The SMILES string of the molecule is CNC(=O)CCN(C)c1nc(Cl)nc(OC)n1. The molecule has 0 radical (unpaired) electrons. The largest absolute Gasteiger partial charge is 0.467 e. The number of aromatic nitrogens is 3. The zero-order valence-corrected chi connectivity index (χ0v) is 10.7. The normalized spacial score (nSPS) is 9.88. The number of rotatable bonds is 5. The Morgan fingerprint density at radius 1 is 1.47 bits per heavy atom. The molecule has 8 heteroatoms. The number of hydrogen-bond donors (Lipinski definition) is 1. The molecule has 94 valence electrons. The second-order valence-corrected chi connectivity index (χ2v) is 3.57. The topological polar surface area (TPSA) is 80.2 Å². The van der Waals surface area contributed by atoms with E-state index in [1.807, 2.05) is 0 Å². The lowest BCUT2D eigenvalue weighted by molar-refractivity contribution is -0.120. The second kappa shape index (κ2) is 6.19. The molecule has 0 saturated carbocycles. The molecular weight excluding hydrogens is 246 g/mol. The van der Waals surface area contributed by atoms with Gasteiger partial charge in [0.05, 0.1) is 7.11 Å². The van der Waals surface area contributed by atoms with Crippen molar-refractivity contribution < 1.29 is 9.53 Å². The van der Waals surface area contributed by atoms with Gasteiger partial charge >= 0.3 is 6.01 Å². The Morgan fingerprint density at radius 3 is 2.76 bits per heavy atom. The van der Waals surface area contributed by atoms with E-state index in [1.54, 1.807) is 19.0 Å². The first-order valence-corrected chi connectivity index (χ1v) is 5.32. The average molecular weight is 260 g/mol. The summed E-state index contributed by atoms with van der Waals surface area (Å²) in [5, 5.41) is 2.59. The molecule has 1 aromatic rings. The van der Waals surface area contributed by atoms with Crippen molar-refractivity contribution >= 4 is 23.5 Å². The highest BCUT2D eigenvalue weighted by Gasteiger charge is 2.10. The Hall–Kier alpha value is -1.63. The summed E-state index contributed by atoms with van der Waals surface area (Å²) in [5.41, 5.74) is 0. The number of methoxy groups -OCH3 is 1. The molecule has 0 unspecified atom stereocenters. The molecule has 0 bridgehead atoms. The standard InChI is InChI=1S/C9H14ClN5O2/c1-11-6(16)4-5-15(2)8-12-7(10)13-9(14-8)17-3/h4-5H2,1-3H3,(H,11,16). The molecule has 1 amide bonds. The fourth-order valence-electron chi connectivity index (χ4n) is 1.08. The summed E-state index contributed by atoms with van der Waals surface area (Å²) in [6.45, 7) is 0.475. The number of anilines is 1. The quantitative estimate of drug-likeness (QED) is 0.808. The van der Waals surface area contributed by atoms with Crippen molar-refractivity contribution in [1.29, 1.82) is 0 Å². The van der Waals surface area contributed by atoms with Crippen LogP contribution in [0.1, 0.15) is 6.42 Å². The lowest BCUT2D eigenvalue weighted by Crippen LogP contribution is -2.27. The number of amides is 1. The third-order valence-corrected chi connectivity index (χ3v) is 2.22. The van der Waals surface area contributed by atoms with Gasteiger partial charge in [-0.25, -0.2) is 0 Å². The number of carbonyl (C=O) groups excluding carboxylic acids is 1. The number of hydrogen-bond acceptors (Lipinski definition) is 6. The van der Waals surface area contributed by atoms with Crippen molar-refractivity contribution in [3.63, 3.8) is 0 Å². The molecule has 1 rings (SSSR count). The molecule has 1 N–H and O–H groups in total. The molecule has 0 aromatic carbocycles. The van der Waals surface area contributed by atoms with Crippen molar-refractivity contribution in [3.8, 4) is 6.01 Å². The maximum atomic E-state index is 11.1. The Bertz CT molecular complexity index is 401. The zero-order valence-electron chi connectivity index (χ0n) is 9.90. The van der Waals surface area contributed by atoms with Gasteiger partial charge in [0.2, 0.25) is 17.1 Å². The van der Waals surface area contributed by atoms with E-state index in [0.29, 0.717) is 18.9 Å². The Morgan fingerprint density at radius 2 is 2.18 bits per heavy atom. The molecule has 0 aliphatic carbocycles. The number of halogens is 1. The molecular formula is C9H14ClN5O2. The molecule has 7 nitrogen and oxygen atoms in total. The van der Waals surface area contributed by atoms with Crippen LogP contribution >= 0.6 is 11.6 Å². The van der Waals surface area contributed by atoms with Gasteiger partial charge in [-0.15, -0.1) is 0 Å². The highest BCUT2D eigenvalue weighted by molar-refractivity contribution is 6.28. The van der Waals surface area contributed by atoms with Gasteiger partial charge in [0.25, 0.3) is 0 Å². The van der Waals surface area contributed by atoms with Crippen LogP contribution < -0.4 is 15.0 Å². The molecule has 0 aliphatic rings. The molecule has 0 spiro atoms. The molecule has 0 fully saturated rings. The average Bonchev–Trinajstić information content (AvgIpc) is 2.34. The number of nitrogens with one attached hydrogen (secondary N) is 1. The third kappa shape index (κ3) is 4.03. The summed E-state index contributed by atoms with van der Waals surface area (Å²) in [6.07, 6.45) is 0.346. The molecule has 0 saturated heterocycles. The van der Waals surface area contributed by atoms with E-state index in [1.165, 1.54) is 7.11 Å². The first-order valence-electron chi connectivity index (χ1n) is 4.94. The van der Waals surface area contributed by atoms with Crippen molar-refractivity contribution in [2.45, 2.75) is 6.42 Å². The van der Waals surface area contributed by atoms with Crippen molar-refractivity contribution in [3.05, 3.63) is 5.28 Å². The van der Waals surface area contributed by atoms with Crippen LogP contribution in [-0.2, 0) is 4.79 Å². The first kappa shape index (κ1) is 13.4. The molecule has 17 heavy (non-hydrogen) atoms. The van der Waals surface area contributed by atoms with E-state index in [2.05, 4.69) is 20.3 Å². The van der Waals surface area contributed by atoms with E-state index < -0.39 is 0 Å². The predicted molar refractivity (Wildman–Crippen MR) is 63.3 cm³/mol. The van der Waals surface area contributed by atoms with Gasteiger partial charge in [-0.05, 0) is 11.6 Å². The monoisotopic (exact) mass is 259 g/mol. The maximum absolute atomic E-state index is 11.1. The van der Waals surface area contributed by atoms with Crippen LogP contribution in [0.4, 0.5) is 5.95 Å². The molecule has 0 atom stereocenters. The highest BCUT2D eigenvalue weighted by Crippen LogP contribution is 2.13. The van der Waals surface area contributed by atoms with Gasteiger partial charge in [-0.3, -0.25) is 4.79 Å². The Labute approximate surface area is 104 Å². The second-order valence-electron chi connectivity index (χ2n) is 3.24. The van der Waals surface area contributed by atoms with Crippen molar-refractivity contribution in [2.24, 2.45) is 0 Å². The molecule has 0 aliphatic heterocycles. The minimum absolute atomic E-state index is 0.0519. The fraction of sp³-hybridized carbons (Fsp3) is 0.556. The van der Waals surface area contributed by atoms with Crippen molar-refractivity contribution in [1.82, 2.24) is 20.3 Å². The lowest BCUT2D eigenvalue weighted by atomic mass is 10.4. The minimum atomic E-state index is -0.0519. The van der Waals surface area contributed by atoms with E-state index in [9.17, 15) is 4.79 Å². The highest BCUT2D eigenvalue weighted by atomic mass is 35.5.